The van der Waals surface area contributed by atoms with E-state index in [1.165, 1.54) is 30.4 Å². The van der Waals surface area contributed by atoms with Crippen LogP contribution >= 0.6 is 0 Å². The first-order valence-corrected chi connectivity index (χ1v) is 10.8. The van der Waals surface area contributed by atoms with Crippen LogP contribution in [0.25, 0.3) is 0 Å². The summed E-state index contributed by atoms with van der Waals surface area (Å²) in [6, 6.07) is 8.94. The highest BCUT2D eigenvalue weighted by atomic mass is 16.5. The molecule has 2 atom stereocenters. The maximum Gasteiger partial charge on any atom is 0.223 e. The smallest absolute Gasteiger partial charge is 0.223 e. The van der Waals surface area contributed by atoms with Gasteiger partial charge in [-0.05, 0) is 68.4 Å². The van der Waals surface area contributed by atoms with Crippen LogP contribution in [0.5, 0.6) is 0 Å². The second kappa shape index (κ2) is 7.92. The molecule has 0 spiro atoms. The summed E-state index contributed by atoms with van der Waals surface area (Å²) in [7, 11) is 0. The van der Waals surface area contributed by atoms with Crippen molar-refractivity contribution in [3.63, 3.8) is 0 Å². The summed E-state index contributed by atoms with van der Waals surface area (Å²) in [5.41, 5.74) is 9.09. The molecule has 3 aliphatic rings. The van der Waals surface area contributed by atoms with Crippen molar-refractivity contribution >= 4 is 5.91 Å². The highest BCUT2D eigenvalue weighted by molar-refractivity contribution is 5.79. The molecule has 1 aromatic rings. The van der Waals surface area contributed by atoms with Crippen LogP contribution in [0.3, 0.4) is 0 Å². The molecular weight excluding hydrogens is 336 g/mol. The molecule has 1 aromatic carbocycles. The van der Waals surface area contributed by atoms with Crippen molar-refractivity contribution in [3.8, 4) is 0 Å². The Hall–Kier alpha value is -1.39. The first-order valence-electron chi connectivity index (χ1n) is 10.8. The summed E-state index contributed by atoms with van der Waals surface area (Å²) < 4.78 is 5.64. The maximum absolute atomic E-state index is 13.1. The Bertz CT molecular complexity index is 654. The van der Waals surface area contributed by atoms with Crippen LogP contribution in [0.1, 0.15) is 56.1 Å². The molecule has 27 heavy (non-hydrogen) atoms. The molecule has 2 unspecified atom stereocenters. The average Bonchev–Trinajstić information content (AvgIpc) is 2.67. The molecular formula is C23H34N2O2. The van der Waals surface area contributed by atoms with Gasteiger partial charge in [0.05, 0.1) is 0 Å². The number of nitrogens with two attached hydrogens (primary N) is 1. The molecule has 1 aliphatic heterocycles. The fourth-order valence-electron chi connectivity index (χ4n) is 5.88. The van der Waals surface area contributed by atoms with Gasteiger partial charge in [0, 0.05) is 37.1 Å². The van der Waals surface area contributed by atoms with Gasteiger partial charge >= 0.3 is 0 Å². The molecule has 3 N–H and O–H groups in total. The van der Waals surface area contributed by atoms with Crippen LogP contribution in [0.4, 0.5) is 0 Å². The van der Waals surface area contributed by atoms with Gasteiger partial charge in [-0.2, -0.15) is 0 Å². The lowest BCUT2D eigenvalue weighted by atomic mass is 9.65. The van der Waals surface area contributed by atoms with Crippen LogP contribution < -0.4 is 11.1 Å². The second-order valence-corrected chi connectivity index (χ2v) is 9.12. The number of carbonyl (C=O) groups excluding carboxylic acids is 1. The average molecular weight is 371 g/mol. The van der Waals surface area contributed by atoms with Gasteiger partial charge in [0.25, 0.3) is 0 Å². The zero-order valence-corrected chi connectivity index (χ0v) is 16.6. The number of rotatable bonds is 4. The Morgan fingerprint density at radius 1 is 1.19 bits per heavy atom. The normalized spacial score (nSPS) is 32.7. The molecule has 3 fully saturated rings. The highest BCUT2D eigenvalue weighted by Crippen LogP contribution is 2.42. The standard InChI is InChI=1S/C23H34N2O2/c1-16-5-2-3-8-20(16)23(9-11-27-12-10-23)15-25-22(26)19-13-17-6-4-7-18(14-19)21(17)24/h2-3,5,8,17-19,21H,4,6-7,9-15,24H2,1H3,(H,25,26). The van der Waals surface area contributed by atoms with E-state index < -0.39 is 0 Å². The molecule has 2 bridgehead atoms. The molecule has 2 aliphatic carbocycles. The first-order chi connectivity index (χ1) is 13.1. The number of hydrogen-bond donors (Lipinski definition) is 2. The number of benzene rings is 1. The molecule has 1 heterocycles. The molecule has 1 amide bonds. The van der Waals surface area contributed by atoms with Gasteiger partial charge < -0.3 is 15.8 Å². The van der Waals surface area contributed by atoms with E-state index in [-0.39, 0.29) is 17.2 Å². The minimum Gasteiger partial charge on any atom is -0.381 e. The quantitative estimate of drug-likeness (QED) is 0.855. The van der Waals surface area contributed by atoms with Crippen molar-refractivity contribution in [2.45, 2.75) is 63.3 Å². The van der Waals surface area contributed by atoms with Gasteiger partial charge in [0.1, 0.15) is 0 Å². The van der Waals surface area contributed by atoms with Gasteiger partial charge in [-0.25, -0.2) is 0 Å². The monoisotopic (exact) mass is 370 g/mol. The Labute approximate surface area is 163 Å². The number of nitrogens with one attached hydrogen (secondary N) is 1. The first kappa shape index (κ1) is 18.9. The summed E-state index contributed by atoms with van der Waals surface area (Å²) in [5.74, 6) is 1.48. The lowest BCUT2D eigenvalue weighted by molar-refractivity contribution is -0.128. The summed E-state index contributed by atoms with van der Waals surface area (Å²) in [6.07, 6.45) is 7.58. The van der Waals surface area contributed by atoms with E-state index in [9.17, 15) is 4.79 Å². The largest absolute Gasteiger partial charge is 0.381 e. The fourth-order valence-corrected chi connectivity index (χ4v) is 5.88. The van der Waals surface area contributed by atoms with Crippen LogP contribution in [0.15, 0.2) is 24.3 Å². The predicted octanol–water partition coefficient (Wildman–Crippen LogP) is 3.31. The van der Waals surface area contributed by atoms with Crippen LogP contribution in [0.2, 0.25) is 0 Å². The van der Waals surface area contributed by atoms with Crippen molar-refractivity contribution < 1.29 is 9.53 Å². The SMILES string of the molecule is Cc1ccccc1C1(CNC(=O)C2CC3CCCC(C2)C3N)CCOCC1. The van der Waals surface area contributed by atoms with E-state index >= 15 is 0 Å². The number of hydrogen-bond acceptors (Lipinski definition) is 3. The predicted molar refractivity (Wildman–Crippen MR) is 107 cm³/mol. The maximum atomic E-state index is 13.1. The summed E-state index contributed by atoms with van der Waals surface area (Å²) in [5, 5.41) is 3.36. The minimum atomic E-state index is 0.000192. The molecule has 0 aromatic heterocycles. The van der Waals surface area contributed by atoms with Crippen molar-refractivity contribution in [3.05, 3.63) is 35.4 Å². The molecule has 1 saturated heterocycles. The van der Waals surface area contributed by atoms with Crippen LogP contribution in [-0.2, 0) is 14.9 Å². The topological polar surface area (TPSA) is 64.4 Å². The van der Waals surface area contributed by atoms with Gasteiger partial charge in [-0.3, -0.25) is 4.79 Å². The third kappa shape index (κ3) is 3.79. The third-order valence-electron chi connectivity index (χ3n) is 7.55. The van der Waals surface area contributed by atoms with E-state index in [1.54, 1.807) is 0 Å². The molecule has 4 rings (SSSR count). The molecule has 0 radical (unpaired) electrons. The van der Waals surface area contributed by atoms with Gasteiger partial charge in [-0.15, -0.1) is 0 Å². The highest BCUT2D eigenvalue weighted by Gasteiger charge is 2.41. The zero-order chi connectivity index (χ0) is 18.9. The van der Waals surface area contributed by atoms with Crippen molar-refractivity contribution in [2.75, 3.05) is 19.8 Å². The molecule has 2 saturated carbocycles. The van der Waals surface area contributed by atoms with Crippen LogP contribution in [0, 0.1) is 24.7 Å². The summed E-state index contributed by atoms with van der Waals surface area (Å²) in [6.45, 7) is 4.44. The Kier molecular flexibility index (Phi) is 5.56. The van der Waals surface area contributed by atoms with Gasteiger partial charge in [0.2, 0.25) is 5.91 Å². The molecule has 4 nitrogen and oxygen atoms in total. The molecule has 148 valence electrons. The summed E-state index contributed by atoms with van der Waals surface area (Å²) >= 11 is 0. The number of fused-ring (bicyclic) bond motifs is 2. The van der Waals surface area contributed by atoms with E-state index in [1.807, 2.05) is 0 Å². The van der Waals surface area contributed by atoms with E-state index in [4.69, 9.17) is 10.5 Å². The zero-order valence-electron chi connectivity index (χ0n) is 16.6. The Morgan fingerprint density at radius 3 is 2.52 bits per heavy atom. The lowest BCUT2D eigenvalue weighted by Gasteiger charge is -2.44. The van der Waals surface area contributed by atoms with E-state index in [2.05, 4.69) is 36.5 Å². The number of aryl methyl sites for hydroxylation is 1. The lowest BCUT2D eigenvalue weighted by Crippen LogP contribution is -2.51. The Morgan fingerprint density at radius 2 is 1.85 bits per heavy atom. The summed E-state index contributed by atoms with van der Waals surface area (Å²) in [4.78, 5) is 13.1. The number of amides is 1. The Balaban J connectivity index is 1.45. The van der Waals surface area contributed by atoms with Crippen LogP contribution in [-0.4, -0.2) is 31.7 Å². The number of carbonyl (C=O) groups is 1. The van der Waals surface area contributed by atoms with Gasteiger partial charge in [0.15, 0.2) is 0 Å². The number of ether oxygens (including phenoxy) is 1. The van der Waals surface area contributed by atoms with Crippen molar-refractivity contribution in [2.24, 2.45) is 23.5 Å². The molecule has 4 heteroatoms. The fraction of sp³-hybridized carbons (Fsp3) is 0.696. The van der Waals surface area contributed by atoms with E-state index in [0.717, 1.165) is 45.4 Å². The van der Waals surface area contributed by atoms with Crippen molar-refractivity contribution in [1.82, 2.24) is 5.32 Å². The van der Waals surface area contributed by atoms with Gasteiger partial charge in [-0.1, -0.05) is 30.7 Å². The second-order valence-electron chi connectivity index (χ2n) is 9.12. The third-order valence-corrected chi connectivity index (χ3v) is 7.55. The van der Waals surface area contributed by atoms with Crippen molar-refractivity contribution in [1.29, 1.82) is 0 Å². The van der Waals surface area contributed by atoms with E-state index in [0.29, 0.717) is 17.9 Å². The minimum absolute atomic E-state index is 0.000192.